The fourth-order valence-corrected chi connectivity index (χ4v) is 2.33. The number of nitrogens with zero attached hydrogens (tertiary/aromatic N) is 2. The van der Waals surface area contributed by atoms with E-state index in [2.05, 4.69) is 10.3 Å². The zero-order chi connectivity index (χ0) is 16.2. The van der Waals surface area contributed by atoms with Gasteiger partial charge in [0.05, 0.1) is 17.4 Å². The van der Waals surface area contributed by atoms with Gasteiger partial charge in [0.2, 0.25) is 0 Å². The summed E-state index contributed by atoms with van der Waals surface area (Å²) in [7, 11) is 1.96. The molecule has 0 spiro atoms. The van der Waals surface area contributed by atoms with Gasteiger partial charge in [-0.25, -0.2) is 4.98 Å². The zero-order valence-corrected chi connectivity index (χ0v) is 13.2. The molecule has 5 nitrogen and oxygen atoms in total. The molecule has 2 aromatic carbocycles. The van der Waals surface area contributed by atoms with Crippen molar-refractivity contribution in [2.24, 2.45) is 7.05 Å². The van der Waals surface area contributed by atoms with Gasteiger partial charge < -0.3 is 14.6 Å². The lowest BCUT2D eigenvalue weighted by Crippen LogP contribution is -2.28. The third-order valence-electron chi connectivity index (χ3n) is 3.67. The van der Waals surface area contributed by atoms with E-state index in [9.17, 15) is 4.79 Å². The summed E-state index contributed by atoms with van der Waals surface area (Å²) in [6.07, 6.45) is 1.78. The number of benzene rings is 2. The second-order valence-electron chi connectivity index (χ2n) is 5.56. The molecule has 0 radical (unpaired) electrons. The van der Waals surface area contributed by atoms with Crippen molar-refractivity contribution in [1.29, 1.82) is 0 Å². The summed E-state index contributed by atoms with van der Waals surface area (Å²) in [6.45, 7) is 2.48. The largest absolute Gasteiger partial charge is 0.484 e. The van der Waals surface area contributed by atoms with Gasteiger partial charge in [0.25, 0.3) is 5.91 Å². The van der Waals surface area contributed by atoms with Crippen molar-refractivity contribution >= 4 is 16.9 Å². The van der Waals surface area contributed by atoms with Crippen molar-refractivity contribution in [2.75, 3.05) is 6.61 Å². The Balaban J connectivity index is 1.52. The van der Waals surface area contributed by atoms with Crippen LogP contribution < -0.4 is 10.1 Å². The SMILES string of the molecule is Cc1ccc(OCC(=O)NCc2ccc3c(c2)ncn3C)cc1. The van der Waals surface area contributed by atoms with E-state index in [1.807, 2.05) is 61.0 Å². The normalized spacial score (nSPS) is 10.7. The molecule has 0 aliphatic carbocycles. The Morgan fingerprint density at radius 3 is 2.78 bits per heavy atom. The van der Waals surface area contributed by atoms with Gasteiger partial charge in [-0.1, -0.05) is 23.8 Å². The smallest absolute Gasteiger partial charge is 0.258 e. The maximum atomic E-state index is 11.9. The Morgan fingerprint density at radius 1 is 1.22 bits per heavy atom. The first-order valence-corrected chi connectivity index (χ1v) is 7.48. The fourth-order valence-electron chi connectivity index (χ4n) is 2.33. The molecule has 1 aromatic heterocycles. The van der Waals surface area contributed by atoms with E-state index in [0.717, 1.165) is 22.2 Å². The van der Waals surface area contributed by atoms with E-state index < -0.39 is 0 Å². The topological polar surface area (TPSA) is 56.1 Å². The summed E-state index contributed by atoms with van der Waals surface area (Å²) in [5, 5.41) is 2.85. The summed E-state index contributed by atoms with van der Waals surface area (Å²) in [5.41, 5.74) is 4.17. The van der Waals surface area contributed by atoms with Crippen LogP contribution in [0.1, 0.15) is 11.1 Å². The van der Waals surface area contributed by atoms with Gasteiger partial charge in [-0.15, -0.1) is 0 Å². The number of carbonyl (C=O) groups is 1. The van der Waals surface area contributed by atoms with Crippen molar-refractivity contribution in [2.45, 2.75) is 13.5 Å². The highest BCUT2D eigenvalue weighted by molar-refractivity contribution is 5.78. The highest BCUT2D eigenvalue weighted by Gasteiger charge is 2.05. The van der Waals surface area contributed by atoms with Gasteiger partial charge in [0.1, 0.15) is 5.75 Å². The predicted octanol–water partition coefficient (Wildman–Crippen LogP) is 2.58. The Morgan fingerprint density at radius 2 is 2.00 bits per heavy atom. The molecule has 3 rings (SSSR count). The number of fused-ring (bicyclic) bond motifs is 1. The zero-order valence-electron chi connectivity index (χ0n) is 13.2. The van der Waals surface area contributed by atoms with E-state index in [1.54, 1.807) is 6.33 Å². The van der Waals surface area contributed by atoms with Gasteiger partial charge in [-0.05, 0) is 36.8 Å². The molecule has 0 aliphatic heterocycles. The molecule has 23 heavy (non-hydrogen) atoms. The number of aryl methyl sites for hydroxylation is 2. The number of hydrogen-bond acceptors (Lipinski definition) is 3. The highest BCUT2D eigenvalue weighted by Crippen LogP contribution is 2.14. The molecule has 1 amide bonds. The lowest BCUT2D eigenvalue weighted by atomic mass is 10.2. The van der Waals surface area contributed by atoms with Gasteiger partial charge in [-0.3, -0.25) is 4.79 Å². The van der Waals surface area contributed by atoms with E-state index in [1.165, 1.54) is 0 Å². The maximum Gasteiger partial charge on any atom is 0.258 e. The molecule has 1 N–H and O–H groups in total. The number of nitrogens with one attached hydrogen (secondary N) is 1. The van der Waals surface area contributed by atoms with Crippen LogP contribution in [0.2, 0.25) is 0 Å². The summed E-state index contributed by atoms with van der Waals surface area (Å²) in [5.74, 6) is 0.548. The van der Waals surface area contributed by atoms with Crippen molar-refractivity contribution in [3.63, 3.8) is 0 Å². The number of imidazole rings is 1. The Bertz CT molecular complexity index is 822. The molecular formula is C18H19N3O2. The molecule has 0 fully saturated rings. The van der Waals surface area contributed by atoms with Crippen LogP contribution in [0.4, 0.5) is 0 Å². The van der Waals surface area contributed by atoms with Crippen LogP contribution in [-0.2, 0) is 18.4 Å². The predicted molar refractivity (Wildman–Crippen MR) is 89.2 cm³/mol. The number of aromatic nitrogens is 2. The fraction of sp³-hybridized carbons (Fsp3) is 0.222. The Kier molecular flexibility index (Phi) is 4.28. The monoisotopic (exact) mass is 309 g/mol. The maximum absolute atomic E-state index is 11.9. The summed E-state index contributed by atoms with van der Waals surface area (Å²) >= 11 is 0. The van der Waals surface area contributed by atoms with Crippen LogP contribution in [0, 0.1) is 6.92 Å². The summed E-state index contributed by atoms with van der Waals surface area (Å²) in [6, 6.07) is 13.6. The summed E-state index contributed by atoms with van der Waals surface area (Å²) in [4.78, 5) is 16.2. The molecule has 0 bridgehead atoms. The van der Waals surface area contributed by atoms with E-state index in [0.29, 0.717) is 12.3 Å². The lowest BCUT2D eigenvalue weighted by molar-refractivity contribution is -0.123. The van der Waals surface area contributed by atoms with Crippen LogP contribution in [0.3, 0.4) is 0 Å². The second kappa shape index (κ2) is 6.52. The average Bonchev–Trinajstić information content (AvgIpc) is 2.93. The molecule has 1 heterocycles. The van der Waals surface area contributed by atoms with E-state index in [-0.39, 0.29) is 12.5 Å². The second-order valence-corrected chi connectivity index (χ2v) is 5.56. The van der Waals surface area contributed by atoms with Crippen molar-refractivity contribution in [1.82, 2.24) is 14.9 Å². The van der Waals surface area contributed by atoms with Crippen molar-refractivity contribution < 1.29 is 9.53 Å². The summed E-state index contributed by atoms with van der Waals surface area (Å²) < 4.78 is 7.42. The Labute approximate surface area is 134 Å². The molecule has 0 atom stereocenters. The number of amides is 1. The van der Waals surface area contributed by atoms with Gasteiger partial charge in [0, 0.05) is 13.6 Å². The third kappa shape index (κ3) is 3.69. The minimum absolute atomic E-state index is 0.00882. The standard InChI is InChI=1S/C18H19N3O2/c1-13-3-6-15(7-4-13)23-11-18(22)19-10-14-5-8-17-16(9-14)20-12-21(17)2/h3-9,12H,10-11H2,1-2H3,(H,19,22). The van der Waals surface area contributed by atoms with Crippen molar-refractivity contribution in [3.05, 3.63) is 59.9 Å². The molecule has 5 heteroatoms. The molecule has 0 saturated carbocycles. The van der Waals surface area contributed by atoms with Gasteiger partial charge in [-0.2, -0.15) is 0 Å². The number of rotatable bonds is 5. The first-order chi connectivity index (χ1) is 11.1. The molecule has 0 aliphatic rings. The first-order valence-electron chi connectivity index (χ1n) is 7.48. The molecule has 0 unspecified atom stereocenters. The number of ether oxygens (including phenoxy) is 1. The van der Waals surface area contributed by atoms with E-state index >= 15 is 0 Å². The number of hydrogen-bond donors (Lipinski definition) is 1. The third-order valence-corrected chi connectivity index (χ3v) is 3.67. The van der Waals surface area contributed by atoms with Crippen LogP contribution in [0.25, 0.3) is 11.0 Å². The van der Waals surface area contributed by atoms with Gasteiger partial charge in [0.15, 0.2) is 6.61 Å². The van der Waals surface area contributed by atoms with Crippen molar-refractivity contribution in [3.8, 4) is 5.75 Å². The minimum Gasteiger partial charge on any atom is -0.484 e. The van der Waals surface area contributed by atoms with Crippen LogP contribution in [-0.4, -0.2) is 22.1 Å². The average molecular weight is 309 g/mol. The van der Waals surface area contributed by atoms with Gasteiger partial charge >= 0.3 is 0 Å². The lowest BCUT2D eigenvalue weighted by Gasteiger charge is -2.08. The quantitative estimate of drug-likeness (QED) is 0.788. The molecular weight excluding hydrogens is 290 g/mol. The minimum atomic E-state index is -0.147. The molecule has 3 aromatic rings. The Hall–Kier alpha value is -2.82. The van der Waals surface area contributed by atoms with Crippen LogP contribution in [0.5, 0.6) is 5.75 Å². The highest BCUT2D eigenvalue weighted by atomic mass is 16.5. The first kappa shape index (κ1) is 15.1. The van der Waals surface area contributed by atoms with Crippen LogP contribution >= 0.6 is 0 Å². The van der Waals surface area contributed by atoms with E-state index in [4.69, 9.17) is 4.74 Å². The number of carbonyl (C=O) groups excluding carboxylic acids is 1. The molecule has 118 valence electrons. The van der Waals surface area contributed by atoms with Crippen LogP contribution in [0.15, 0.2) is 48.8 Å². The molecule has 0 saturated heterocycles.